The van der Waals surface area contributed by atoms with Crippen molar-refractivity contribution in [3.63, 3.8) is 0 Å². The average Bonchev–Trinajstić information content (AvgIpc) is 2.68. The number of carbonyl (C=O) groups is 1. The molecule has 9 heteroatoms. The topological polar surface area (TPSA) is 66.3 Å². The van der Waals surface area contributed by atoms with E-state index in [0.29, 0.717) is 24.3 Å². The van der Waals surface area contributed by atoms with Gasteiger partial charge >= 0.3 is 0 Å². The lowest BCUT2D eigenvalue weighted by atomic mass is 10.0. The van der Waals surface area contributed by atoms with Crippen LogP contribution < -0.4 is 10.2 Å². The molecule has 1 saturated heterocycles. The number of hydrogen-bond acceptors (Lipinski definition) is 5. The van der Waals surface area contributed by atoms with Crippen LogP contribution in [-0.2, 0) is 16.1 Å². The Balaban J connectivity index is 1.80. The van der Waals surface area contributed by atoms with E-state index < -0.39 is 18.8 Å². The Hall–Kier alpha value is -3.20. The number of ether oxygens (including phenoxy) is 1. The van der Waals surface area contributed by atoms with Crippen LogP contribution in [0.2, 0.25) is 0 Å². The van der Waals surface area contributed by atoms with Crippen LogP contribution >= 0.6 is 0 Å². The first kappa shape index (κ1) is 21.5. The van der Waals surface area contributed by atoms with Crippen molar-refractivity contribution in [1.82, 2.24) is 5.32 Å². The summed E-state index contributed by atoms with van der Waals surface area (Å²) >= 11 is 0. The van der Waals surface area contributed by atoms with Gasteiger partial charge in [-0.15, -0.1) is 5.10 Å². The quantitative estimate of drug-likeness (QED) is 0.407. The van der Waals surface area contributed by atoms with Gasteiger partial charge in [0.1, 0.15) is 5.82 Å². The summed E-state index contributed by atoms with van der Waals surface area (Å²) in [6, 6.07) is 12.6. The van der Waals surface area contributed by atoms with E-state index >= 15 is 0 Å². The number of hydrogen-bond donors (Lipinski definition) is 1. The van der Waals surface area contributed by atoms with Crippen molar-refractivity contribution in [2.24, 2.45) is 16.1 Å². The molecule has 1 N–H and O–H groups in total. The van der Waals surface area contributed by atoms with Gasteiger partial charge in [0.15, 0.2) is 6.61 Å². The van der Waals surface area contributed by atoms with Gasteiger partial charge in [-0.25, -0.2) is 13.2 Å². The molecule has 0 radical (unpaired) electrons. The van der Waals surface area contributed by atoms with Gasteiger partial charge in [-0.05, 0) is 35.9 Å². The molecule has 158 valence electrons. The Morgan fingerprint density at radius 2 is 1.97 bits per heavy atom. The van der Waals surface area contributed by atoms with Crippen LogP contribution in [0.1, 0.15) is 11.1 Å². The van der Waals surface area contributed by atoms with Crippen molar-refractivity contribution in [3.8, 4) is 0 Å². The molecule has 0 spiro atoms. The summed E-state index contributed by atoms with van der Waals surface area (Å²) in [4.78, 5) is 14.4. The van der Waals surface area contributed by atoms with Crippen LogP contribution in [0.5, 0.6) is 0 Å². The standard InChI is InChI=1S/C21H21F3N4O2/c1-25-27-20(30-13-19(23)24)15-7-5-14(6-8-15)12-28(21(29)16-10-26-11-16)18-4-2-3-17(22)9-18/h2-9,16,19,26H,1,10-13H2/b27-20-. The predicted octanol–water partition coefficient (Wildman–Crippen LogP) is 3.22. The SMILES string of the molecule is C=N/N=C(\OCC(F)F)c1ccc(CN(C(=O)C2CNC2)c2cccc(F)c2)cc1. The summed E-state index contributed by atoms with van der Waals surface area (Å²) in [7, 11) is 0. The molecule has 2 aromatic carbocycles. The zero-order valence-corrected chi connectivity index (χ0v) is 16.1. The van der Waals surface area contributed by atoms with Crippen LogP contribution in [0.25, 0.3) is 0 Å². The van der Waals surface area contributed by atoms with Gasteiger partial charge in [0.25, 0.3) is 6.43 Å². The second-order valence-electron chi connectivity index (χ2n) is 6.71. The highest BCUT2D eigenvalue weighted by molar-refractivity contribution is 5.96. The highest BCUT2D eigenvalue weighted by atomic mass is 19.3. The van der Waals surface area contributed by atoms with Crippen molar-refractivity contribution in [2.75, 3.05) is 24.6 Å². The fourth-order valence-corrected chi connectivity index (χ4v) is 2.94. The molecule has 2 aromatic rings. The van der Waals surface area contributed by atoms with E-state index in [1.807, 2.05) is 0 Å². The Kier molecular flexibility index (Phi) is 7.18. The second kappa shape index (κ2) is 10.0. The normalized spacial score (nSPS) is 14.3. The van der Waals surface area contributed by atoms with E-state index in [9.17, 15) is 18.0 Å². The third kappa shape index (κ3) is 5.44. The molecule has 0 aromatic heterocycles. The molecule has 1 amide bonds. The Morgan fingerprint density at radius 1 is 1.23 bits per heavy atom. The minimum atomic E-state index is -2.65. The van der Waals surface area contributed by atoms with E-state index in [1.165, 1.54) is 17.0 Å². The maximum absolute atomic E-state index is 13.7. The predicted molar refractivity (Wildman–Crippen MR) is 108 cm³/mol. The van der Waals surface area contributed by atoms with Crippen LogP contribution in [0.4, 0.5) is 18.9 Å². The molecule has 1 heterocycles. The van der Waals surface area contributed by atoms with E-state index in [-0.39, 0.29) is 24.3 Å². The smallest absolute Gasteiger partial charge is 0.272 e. The first-order valence-corrected chi connectivity index (χ1v) is 9.29. The van der Waals surface area contributed by atoms with Crippen molar-refractivity contribution >= 4 is 24.2 Å². The number of carbonyl (C=O) groups excluding carboxylic acids is 1. The van der Waals surface area contributed by atoms with Gasteiger partial charge in [0.2, 0.25) is 11.8 Å². The van der Waals surface area contributed by atoms with E-state index in [4.69, 9.17) is 4.74 Å². The molecule has 1 fully saturated rings. The molecular weight excluding hydrogens is 397 g/mol. The van der Waals surface area contributed by atoms with Gasteiger partial charge < -0.3 is 15.0 Å². The number of nitrogens with one attached hydrogen (secondary N) is 1. The van der Waals surface area contributed by atoms with E-state index in [0.717, 1.165) is 5.56 Å². The molecule has 0 bridgehead atoms. The number of rotatable bonds is 8. The zero-order chi connectivity index (χ0) is 21.5. The maximum Gasteiger partial charge on any atom is 0.272 e. The molecule has 1 aliphatic heterocycles. The van der Waals surface area contributed by atoms with Crippen molar-refractivity contribution in [3.05, 3.63) is 65.5 Å². The first-order chi connectivity index (χ1) is 14.5. The van der Waals surface area contributed by atoms with Gasteiger partial charge in [-0.3, -0.25) is 4.79 Å². The number of anilines is 1. The average molecular weight is 418 g/mol. The monoisotopic (exact) mass is 418 g/mol. The molecule has 6 nitrogen and oxygen atoms in total. The molecular formula is C21H21F3N4O2. The summed E-state index contributed by atoms with van der Waals surface area (Å²) < 4.78 is 43.6. The Bertz CT molecular complexity index is 915. The van der Waals surface area contributed by atoms with Crippen molar-refractivity contribution < 1.29 is 22.7 Å². The number of benzene rings is 2. The van der Waals surface area contributed by atoms with Crippen LogP contribution in [0.15, 0.2) is 58.7 Å². The maximum atomic E-state index is 13.7. The van der Waals surface area contributed by atoms with E-state index in [1.54, 1.807) is 36.4 Å². The number of nitrogens with zero attached hydrogens (tertiary/aromatic N) is 3. The largest absolute Gasteiger partial charge is 0.470 e. The fourth-order valence-electron chi connectivity index (χ4n) is 2.94. The zero-order valence-electron chi connectivity index (χ0n) is 16.1. The first-order valence-electron chi connectivity index (χ1n) is 9.29. The molecule has 0 atom stereocenters. The Morgan fingerprint density at radius 3 is 2.53 bits per heavy atom. The third-order valence-corrected chi connectivity index (χ3v) is 4.57. The lowest BCUT2D eigenvalue weighted by molar-refractivity contribution is -0.123. The summed E-state index contributed by atoms with van der Waals surface area (Å²) in [5, 5.41) is 10.0. The molecule has 0 saturated carbocycles. The van der Waals surface area contributed by atoms with Crippen LogP contribution in [0, 0.1) is 11.7 Å². The molecule has 1 aliphatic rings. The summed E-state index contributed by atoms with van der Waals surface area (Å²) in [5.41, 5.74) is 1.68. The van der Waals surface area contributed by atoms with Gasteiger partial charge in [0, 0.05) is 31.1 Å². The molecule has 0 aliphatic carbocycles. The second-order valence-corrected chi connectivity index (χ2v) is 6.71. The molecule has 30 heavy (non-hydrogen) atoms. The van der Waals surface area contributed by atoms with E-state index in [2.05, 4.69) is 22.2 Å². The van der Waals surface area contributed by atoms with Gasteiger partial charge in [-0.2, -0.15) is 5.10 Å². The number of amides is 1. The lowest BCUT2D eigenvalue weighted by Gasteiger charge is -2.32. The van der Waals surface area contributed by atoms with Gasteiger partial charge in [-0.1, -0.05) is 18.2 Å². The summed E-state index contributed by atoms with van der Waals surface area (Å²) in [5.74, 6) is -0.758. The minimum Gasteiger partial charge on any atom is -0.470 e. The minimum absolute atomic E-state index is 0.0737. The van der Waals surface area contributed by atoms with Gasteiger partial charge in [0.05, 0.1) is 12.5 Å². The van der Waals surface area contributed by atoms with Crippen molar-refractivity contribution in [1.29, 1.82) is 0 Å². The summed E-state index contributed by atoms with van der Waals surface area (Å²) in [6.07, 6.45) is -2.65. The fraction of sp³-hybridized carbons (Fsp3) is 0.286. The number of halogens is 3. The Labute approximate surface area is 172 Å². The van der Waals surface area contributed by atoms with Crippen molar-refractivity contribution in [2.45, 2.75) is 13.0 Å². The third-order valence-electron chi connectivity index (χ3n) is 4.57. The number of alkyl halides is 2. The highest BCUT2D eigenvalue weighted by Gasteiger charge is 2.30. The van der Waals surface area contributed by atoms with Crippen LogP contribution in [-0.4, -0.2) is 44.6 Å². The molecule has 0 unspecified atom stereocenters. The summed E-state index contributed by atoms with van der Waals surface area (Å²) in [6.45, 7) is 3.79. The molecule has 3 rings (SSSR count). The highest BCUT2D eigenvalue weighted by Crippen LogP contribution is 2.22. The van der Waals surface area contributed by atoms with Crippen LogP contribution in [0.3, 0.4) is 0 Å². The lowest BCUT2D eigenvalue weighted by Crippen LogP contribution is -2.52.